The van der Waals surface area contributed by atoms with E-state index in [1.165, 1.54) is 0 Å². The lowest BCUT2D eigenvalue weighted by molar-refractivity contribution is -0.128. The number of aromatic nitrogens is 1. The molecule has 6 nitrogen and oxygen atoms in total. The van der Waals surface area contributed by atoms with Gasteiger partial charge in [0, 0.05) is 24.6 Å². The van der Waals surface area contributed by atoms with Crippen molar-refractivity contribution < 1.29 is 14.4 Å². The average molecular weight is 281 g/mol. The van der Waals surface area contributed by atoms with Crippen LogP contribution in [0.3, 0.4) is 0 Å². The van der Waals surface area contributed by atoms with E-state index in [9.17, 15) is 9.90 Å². The lowest BCUT2D eigenvalue weighted by Gasteiger charge is -2.45. The van der Waals surface area contributed by atoms with E-state index in [0.717, 1.165) is 5.69 Å². The fourth-order valence-corrected chi connectivity index (χ4v) is 2.19. The van der Waals surface area contributed by atoms with Crippen molar-refractivity contribution in [3.8, 4) is 0 Å². The van der Waals surface area contributed by atoms with Crippen LogP contribution in [0.4, 0.5) is 5.88 Å². The number of likely N-dealkylation sites (tertiary alicyclic amines) is 1. The van der Waals surface area contributed by atoms with Gasteiger partial charge in [-0.15, -0.1) is 0 Å². The van der Waals surface area contributed by atoms with Crippen molar-refractivity contribution in [2.45, 2.75) is 45.1 Å². The van der Waals surface area contributed by atoms with Crippen molar-refractivity contribution in [1.29, 1.82) is 0 Å². The van der Waals surface area contributed by atoms with E-state index in [2.05, 4.69) is 10.5 Å². The normalized spacial score (nSPS) is 18.6. The first-order valence-electron chi connectivity index (χ1n) is 6.94. The highest BCUT2D eigenvalue weighted by Crippen LogP contribution is 2.25. The molecule has 2 heterocycles. The topological polar surface area (TPSA) is 78.6 Å². The highest BCUT2D eigenvalue weighted by atomic mass is 16.5. The molecule has 112 valence electrons. The van der Waals surface area contributed by atoms with Gasteiger partial charge in [0.1, 0.15) is 0 Å². The van der Waals surface area contributed by atoms with Crippen LogP contribution in [0.1, 0.15) is 39.8 Å². The molecule has 20 heavy (non-hydrogen) atoms. The molecule has 0 spiro atoms. The molecule has 2 N–H and O–H groups in total. The molecule has 1 aliphatic rings. The van der Waals surface area contributed by atoms with E-state index in [1.807, 2.05) is 32.6 Å². The maximum Gasteiger partial charge on any atom is 0.240 e. The number of β-amino-alcohol motifs (C(OH)–C–C–N with tert-alkyl or cyclic N) is 1. The van der Waals surface area contributed by atoms with Crippen molar-refractivity contribution >= 4 is 11.8 Å². The van der Waals surface area contributed by atoms with Crippen LogP contribution in [0.15, 0.2) is 10.6 Å². The molecule has 0 aliphatic carbocycles. The predicted octanol–water partition coefficient (Wildman–Crippen LogP) is 1.37. The summed E-state index contributed by atoms with van der Waals surface area (Å²) in [5, 5.41) is 16.5. The number of hydrogen-bond acceptors (Lipinski definition) is 5. The van der Waals surface area contributed by atoms with Gasteiger partial charge in [-0.3, -0.25) is 15.0 Å². The van der Waals surface area contributed by atoms with E-state index in [-0.39, 0.29) is 17.9 Å². The Hall–Kier alpha value is -1.40. The molecule has 0 atom stereocenters. The summed E-state index contributed by atoms with van der Waals surface area (Å²) in [6.45, 7) is 9.38. The first-order valence-corrected chi connectivity index (χ1v) is 6.94. The standard InChI is InChI=1S/C14H23N3O3/c1-5-14(19)8-17(9-14)7-11(18)15-12-6-10(16-20-12)13(2,3)4/h6,19H,5,7-9H2,1-4H3,(H,15,18). The molecule has 6 heteroatoms. The third-order valence-electron chi connectivity index (χ3n) is 3.60. The van der Waals surface area contributed by atoms with Crippen LogP contribution >= 0.6 is 0 Å². The first kappa shape index (κ1) is 15.0. The molecular weight excluding hydrogens is 258 g/mol. The average Bonchev–Trinajstić information content (AvgIpc) is 2.74. The molecule has 0 radical (unpaired) electrons. The molecule has 1 aromatic heterocycles. The molecule has 0 aromatic carbocycles. The van der Waals surface area contributed by atoms with E-state index in [4.69, 9.17) is 4.52 Å². The van der Waals surface area contributed by atoms with Crippen molar-refractivity contribution in [1.82, 2.24) is 10.1 Å². The molecule has 2 rings (SSSR count). The highest BCUT2D eigenvalue weighted by Gasteiger charge is 2.39. The molecule has 1 saturated heterocycles. The SMILES string of the molecule is CCC1(O)CN(CC(=O)Nc2cc(C(C)(C)C)no2)C1. The predicted molar refractivity (Wildman–Crippen MR) is 75.5 cm³/mol. The quantitative estimate of drug-likeness (QED) is 0.871. The van der Waals surface area contributed by atoms with Gasteiger partial charge in [-0.25, -0.2) is 0 Å². The molecule has 1 aromatic rings. The number of rotatable bonds is 4. The summed E-state index contributed by atoms with van der Waals surface area (Å²) in [4.78, 5) is 13.8. The number of nitrogens with one attached hydrogen (secondary N) is 1. The zero-order valence-electron chi connectivity index (χ0n) is 12.6. The van der Waals surface area contributed by atoms with Crippen molar-refractivity contribution in [2.75, 3.05) is 25.0 Å². The smallest absolute Gasteiger partial charge is 0.240 e. The summed E-state index contributed by atoms with van der Waals surface area (Å²) in [6, 6.07) is 1.75. The van der Waals surface area contributed by atoms with Gasteiger partial charge in [-0.2, -0.15) is 0 Å². The first-order chi connectivity index (χ1) is 9.22. The van der Waals surface area contributed by atoms with Crippen molar-refractivity contribution in [3.63, 3.8) is 0 Å². The minimum atomic E-state index is -0.619. The Kier molecular flexibility index (Phi) is 3.88. The summed E-state index contributed by atoms with van der Waals surface area (Å²) in [5.74, 6) is 0.214. The second kappa shape index (κ2) is 5.18. The maximum absolute atomic E-state index is 11.9. The Morgan fingerprint density at radius 1 is 1.55 bits per heavy atom. The number of anilines is 1. The maximum atomic E-state index is 11.9. The monoisotopic (exact) mass is 281 g/mol. The number of nitrogens with zero attached hydrogens (tertiary/aromatic N) is 2. The number of amides is 1. The molecule has 1 aliphatic heterocycles. The minimum absolute atomic E-state index is 0.110. The van der Waals surface area contributed by atoms with Crippen molar-refractivity contribution in [2.24, 2.45) is 0 Å². The number of hydrogen-bond donors (Lipinski definition) is 2. The highest BCUT2D eigenvalue weighted by molar-refractivity contribution is 5.91. The minimum Gasteiger partial charge on any atom is -0.387 e. The Balaban J connectivity index is 1.82. The van der Waals surface area contributed by atoms with Gasteiger partial charge in [0.25, 0.3) is 0 Å². The molecule has 0 bridgehead atoms. The molecule has 0 saturated carbocycles. The molecule has 1 amide bonds. The van der Waals surface area contributed by atoms with Gasteiger partial charge in [-0.1, -0.05) is 32.9 Å². The Morgan fingerprint density at radius 2 is 2.20 bits per heavy atom. The Morgan fingerprint density at radius 3 is 2.70 bits per heavy atom. The fourth-order valence-electron chi connectivity index (χ4n) is 2.19. The largest absolute Gasteiger partial charge is 0.387 e. The zero-order chi connectivity index (χ0) is 15.0. The Bertz CT molecular complexity index is 484. The van der Waals surface area contributed by atoms with Gasteiger partial charge in [-0.05, 0) is 6.42 Å². The third kappa shape index (κ3) is 3.37. The Labute approximate surface area is 119 Å². The van der Waals surface area contributed by atoms with Crippen LogP contribution in [0, 0.1) is 0 Å². The van der Waals surface area contributed by atoms with Gasteiger partial charge in [0.15, 0.2) is 0 Å². The van der Waals surface area contributed by atoms with Gasteiger partial charge in [0.05, 0.1) is 17.8 Å². The number of aliphatic hydroxyl groups is 1. The van der Waals surface area contributed by atoms with Gasteiger partial charge in [0.2, 0.25) is 11.8 Å². The number of carbonyl (C=O) groups excluding carboxylic acids is 1. The van der Waals surface area contributed by atoms with E-state index in [0.29, 0.717) is 25.4 Å². The molecular formula is C14H23N3O3. The second-order valence-electron chi connectivity index (χ2n) is 6.60. The third-order valence-corrected chi connectivity index (χ3v) is 3.60. The summed E-state index contributed by atoms with van der Waals surface area (Å²) in [7, 11) is 0. The van der Waals surface area contributed by atoms with Gasteiger partial charge < -0.3 is 9.63 Å². The summed E-state index contributed by atoms with van der Waals surface area (Å²) >= 11 is 0. The second-order valence-corrected chi connectivity index (χ2v) is 6.60. The van der Waals surface area contributed by atoms with Crippen LogP contribution in [0.2, 0.25) is 0 Å². The van der Waals surface area contributed by atoms with Crippen LogP contribution in [-0.4, -0.2) is 46.3 Å². The zero-order valence-corrected chi connectivity index (χ0v) is 12.6. The van der Waals surface area contributed by atoms with Crippen molar-refractivity contribution in [3.05, 3.63) is 11.8 Å². The summed E-state index contributed by atoms with van der Waals surface area (Å²) in [6.07, 6.45) is 0.710. The van der Waals surface area contributed by atoms with E-state index >= 15 is 0 Å². The molecule has 0 unspecified atom stereocenters. The molecule has 1 fully saturated rings. The fraction of sp³-hybridized carbons (Fsp3) is 0.714. The number of carbonyl (C=O) groups is 1. The lowest BCUT2D eigenvalue weighted by Crippen LogP contribution is -2.62. The van der Waals surface area contributed by atoms with Crippen LogP contribution in [-0.2, 0) is 10.2 Å². The van der Waals surface area contributed by atoms with Gasteiger partial charge >= 0.3 is 0 Å². The van der Waals surface area contributed by atoms with E-state index in [1.54, 1.807) is 6.07 Å². The van der Waals surface area contributed by atoms with Crippen LogP contribution < -0.4 is 5.32 Å². The van der Waals surface area contributed by atoms with E-state index < -0.39 is 5.60 Å². The summed E-state index contributed by atoms with van der Waals surface area (Å²) in [5.41, 5.74) is 0.0742. The van der Waals surface area contributed by atoms with Crippen LogP contribution in [0.25, 0.3) is 0 Å². The lowest BCUT2D eigenvalue weighted by atomic mass is 9.91. The van der Waals surface area contributed by atoms with Crippen LogP contribution in [0.5, 0.6) is 0 Å². The summed E-state index contributed by atoms with van der Waals surface area (Å²) < 4.78 is 5.11.